The number of hydrogen-bond acceptors (Lipinski definition) is 4. The zero-order chi connectivity index (χ0) is 23.9. The van der Waals surface area contributed by atoms with Crippen LogP contribution in [0.15, 0.2) is 30.3 Å². The van der Waals surface area contributed by atoms with Crippen LogP contribution in [0, 0.1) is 28.6 Å². The lowest BCUT2D eigenvalue weighted by molar-refractivity contribution is -0.137. The molecule has 3 nitrogen and oxygen atoms in total. The number of aryl methyl sites for hydroxylation is 1. The van der Waals surface area contributed by atoms with Gasteiger partial charge < -0.3 is 10.4 Å². The molecule has 0 unspecified atom stereocenters. The molecular weight excluding hydrogens is 457 g/mol. The van der Waals surface area contributed by atoms with Crippen LogP contribution in [0.2, 0.25) is 0 Å². The maximum atomic E-state index is 13.1. The third-order valence-electron chi connectivity index (χ3n) is 9.68. The first-order valence-corrected chi connectivity index (χ1v) is 13.2. The van der Waals surface area contributed by atoms with Crippen LogP contribution in [-0.4, -0.2) is 16.2 Å². The van der Waals surface area contributed by atoms with Gasteiger partial charge in [-0.1, -0.05) is 37.3 Å². The fraction of sp³-hybridized carbons (Fsp3) is 0.593. The number of fused-ring (bicyclic) bond motifs is 7. The van der Waals surface area contributed by atoms with E-state index in [4.69, 9.17) is 4.98 Å². The smallest absolute Gasteiger partial charge is 0.393 e. The quantitative estimate of drug-likeness (QED) is 0.461. The number of rotatable bonds is 2. The van der Waals surface area contributed by atoms with Crippen molar-refractivity contribution in [2.24, 2.45) is 28.6 Å². The van der Waals surface area contributed by atoms with Crippen LogP contribution < -0.4 is 5.32 Å². The molecule has 2 N–H and O–H groups in total. The van der Waals surface area contributed by atoms with Gasteiger partial charge in [0.2, 0.25) is 0 Å². The molecule has 1 heterocycles. The van der Waals surface area contributed by atoms with Crippen molar-refractivity contribution in [1.82, 2.24) is 4.98 Å². The lowest BCUT2D eigenvalue weighted by Crippen LogP contribution is -2.50. The van der Waals surface area contributed by atoms with Gasteiger partial charge in [-0.15, -0.1) is 0 Å². The predicted octanol–water partition coefficient (Wildman–Crippen LogP) is 7.45. The predicted molar refractivity (Wildman–Crippen MR) is 129 cm³/mol. The number of hydrogen-bond donors (Lipinski definition) is 2. The number of nitrogens with zero attached hydrogens (tertiary/aromatic N) is 1. The van der Waals surface area contributed by atoms with Crippen LogP contribution in [0.1, 0.15) is 68.5 Å². The van der Waals surface area contributed by atoms with Crippen LogP contribution in [0.25, 0.3) is 5.57 Å². The number of allylic oxidation sites excluding steroid dienone is 2. The lowest BCUT2D eigenvalue weighted by Gasteiger charge is -2.56. The van der Waals surface area contributed by atoms with Gasteiger partial charge in [-0.2, -0.15) is 13.2 Å². The summed E-state index contributed by atoms with van der Waals surface area (Å²) >= 11 is 1.57. The Morgan fingerprint density at radius 1 is 1.12 bits per heavy atom. The van der Waals surface area contributed by atoms with Crippen LogP contribution >= 0.6 is 11.3 Å². The molecule has 0 spiro atoms. The minimum atomic E-state index is -4.36. The van der Waals surface area contributed by atoms with Crippen molar-refractivity contribution in [2.45, 2.75) is 71.1 Å². The first kappa shape index (κ1) is 22.6. The number of halogens is 3. The summed E-state index contributed by atoms with van der Waals surface area (Å²) in [6, 6.07) is 5.31. The van der Waals surface area contributed by atoms with Gasteiger partial charge in [0.1, 0.15) is 0 Å². The van der Waals surface area contributed by atoms with E-state index in [1.165, 1.54) is 16.5 Å². The maximum Gasteiger partial charge on any atom is 0.416 e. The Morgan fingerprint density at radius 3 is 2.74 bits per heavy atom. The van der Waals surface area contributed by atoms with Crippen molar-refractivity contribution in [1.29, 1.82) is 0 Å². The number of aliphatic hydroxyl groups excluding tert-OH is 1. The number of nitrogens with one attached hydrogen (secondary N) is 1. The Hall–Kier alpha value is -1.86. The highest BCUT2D eigenvalue weighted by Gasteiger charge is 2.58. The van der Waals surface area contributed by atoms with Gasteiger partial charge in [-0.3, -0.25) is 0 Å². The molecule has 1 aromatic heterocycles. The highest BCUT2D eigenvalue weighted by atomic mass is 32.1. The molecule has 0 saturated heterocycles. The third kappa shape index (κ3) is 3.29. The van der Waals surface area contributed by atoms with E-state index in [0.717, 1.165) is 62.8 Å². The Labute approximate surface area is 202 Å². The monoisotopic (exact) mass is 488 g/mol. The van der Waals surface area contributed by atoms with Crippen LogP contribution in [0.4, 0.5) is 24.0 Å². The van der Waals surface area contributed by atoms with E-state index < -0.39 is 11.7 Å². The maximum absolute atomic E-state index is 13.1. The van der Waals surface area contributed by atoms with Gasteiger partial charge in [0.05, 0.1) is 22.2 Å². The largest absolute Gasteiger partial charge is 0.416 e. The molecule has 6 atom stereocenters. The van der Waals surface area contributed by atoms with E-state index in [9.17, 15) is 18.3 Å². The molecular formula is C27H31F3N2OS. The van der Waals surface area contributed by atoms with Gasteiger partial charge in [0.15, 0.2) is 5.13 Å². The van der Waals surface area contributed by atoms with Crippen molar-refractivity contribution < 1.29 is 18.3 Å². The molecule has 2 saturated carbocycles. The Balaban J connectivity index is 1.30. The van der Waals surface area contributed by atoms with Gasteiger partial charge in [-0.05, 0) is 97.3 Å². The van der Waals surface area contributed by atoms with E-state index in [0.29, 0.717) is 28.6 Å². The number of aliphatic hydroxyl groups is 1. The normalized spacial score (nSPS) is 36.7. The Bertz CT molecular complexity index is 1160. The number of aromatic nitrogens is 1. The fourth-order valence-corrected chi connectivity index (χ4v) is 9.01. The molecule has 2 aromatic rings. The van der Waals surface area contributed by atoms with E-state index in [1.807, 2.05) is 0 Å². The Morgan fingerprint density at radius 2 is 1.94 bits per heavy atom. The first-order chi connectivity index (χ1) is 16.1. The minimum absolute atomic E-state index is 0.0647. The van der Waals surface area contributed by atoms with Gasteiger partial charge in [-0.25, -0.2) is 4.98 Å². The summed E-state index contributed by atoms with van der Waals surface area (Å²) < 4.78 is 39.4. The zero-order valence-electron chi connectivity index (χ0n) is 19.6. The molecule has 0 aliphatic heterocycles. The van der Waals surface area contributed by atoms with Gasteiger partial charge in [0.25, 0.3) is 0 Å². The average molecular weight is 489 g/mol. The SMILES string of the molecule is C[C@]12CC[C@H]3[C@@H](CC=C4c5sc(Nc6cccc(C(F)(F)F)c6)nc5CC[C@@]43C)[C@@H]1CC[C@@H]2O. The number of thiazole rings is 1. The first-order valence-electron chi connectivity index (χ1n) is 12.4. The highest BCUT2D eigenvalue weighted by molar-refractivity contribution is 7.16. The molecule has 0 radical (unpaired) electrons. The molecule has 4 aliphatic carbocycles. The second kappa shape index (κ2) is 7.57. The van der Waals surface area contributed by atoms with Gasteiger partial charge >= 0.3 is 6.18 Å². The lowest BCUT2D eigenvalue weighted by atomic mass is 9.48. The topological polar surface area (TPSA) is 45.2 Å². The molecule has 2 fully saturated rings. The number of alkyl halides is 3. The molecule has 7 heteroatoms. The fourth-order valence-electron chi connectivity index (χ4n) is 7.80. The second-order valence-corrected chi connectivity index (χ2v) is 12.3. The summed E-state index contributed by atoms with van der Waals surface area (Å²) in [5.41, 5.74) is 2.38. The molecule has 4 aliphatic rings. The van der Waals surface area contributed by atoms with Crippen molar-refractivity contribution in [2.75, 3.05) is 5.32 Å². The summed E-state index contributed by atoms with van der Waals surface area (Å²) in [7, 11) is 0. The van der Waals surface area contributed by atoms with E-state index >= 15 is 0 Å². The second-order valence-electron chi connectivity index (χ2n) is 11.3. The van der Waals surface area contributed by atoms with E-state index in [1.54, 1.807) is 17.4 Å². The molecule has 6 rings (SSSR count). The zero-order valence-corrected chi connectivity index (χ0v) is 20.4. The summed E-state index contributed by atoms with van der Waals surface area (Å²) in [5.74, 6) is 1.84. The third-order valence-corrected chi connectivity index (χ3v) is 10.7. The van der Waals surface area contributed by atoms with E-state index in [2.05, 4.69) is 25.2 Å². The van der Waals surface area contributed by atoms with Crippen LogP contribution in [-0.2, 0) is 12.6 Å². The van der Waals surface area contributed by atoms with Gasteiger partial charge in [0, 0.05) is 5.69 Å². The highest BCUT2D eigenvalue weighted by Crippen LogP contribution is 2.66. The number of anilines is 2. The van der Waals surface area contributed by atoms with E-state index in [-0.39, 0.29) is 16.9 Å². The van der Waals surface area contributed by atoms with Crippen LogP contribution in [0.5, 0.6) is 0 Å². The summed E-state index contributed by atoms with van der Waals surface area (Å²) in [6.07, 6.45) is 5.24. The summed E-state index contributed by atoms with van der Waals surface area (Å²) in [4.78, 5) is 6.00. The standard InChI is InChI=1S/C27H31F3N2OS/c1-25-13-11-21-23(34-24(32-21)31-16-5-3-4-15(14-16)27(28,29)30)20(25)7-6-17-18-8-9-22(33)26(18,2)12-10-19(17)25/h3-5,7,14,17-19,22,33H,6,8-13H2,1-2H3,(H,31,32)/t17-,18-,19-,22-,25+,26-/m0/s1. The Kier molecular flexibility index (Phi) is 5.03. The average Bonchev–Trinajstić information content (AvgIpc) is 3.33. The van der Waals surface area contributed by atoms with Crippen LogP contribution in [0.3, 0.4) is 0 Å². The minimum Gasteiger partial charge on any atom is -0.393 e. The van der Waals surface area contributed by atoms with Crippen molar-refractivity contribution >= 4 is 27.7 Å². The summed E-state index contributed by atoms with van der Waals surface area (Å²) in [6.45, 7) is 4.73. The molecule has 182 valence electrons. The summed E-state index contributed by atoms with van der Waals surface area (Å²) in [5, 5.41) is 14.5. The molecule has 1 aromatic carbocycles. The molecule has 0 amide bonds. The molecule has 0 bridgehead atoms. The van der Waals surface area contributed by atoms with Crippen molar-refractivity contribution in [3.63, 3.8) is 0 Å². The number of benzene rings is 1. The van der Waals surface area contributed by atoms with Crippen molar-refractivity contribution in [3.8, 4) is 0 Å². The van der Waals surface area contributed by atoms with Crippen molar-refractivity contribution in [3.05, 3.63) is 46.5 Å². The molecule has 34 heavy (non-hydrogen) atoms.